The van der Waals surface area contributed by atoms with Crippen LogP contribution in [0, 0.1) is 5.82 Å². The first-order valence-electron chi connectivity index (χ1n) is 5.50. The maximum Gasteiger partial charge on any atom is 0.213 e. The van der Waals surface area contributed by atoms with Crippen molar-refractivity contribution < 1.29 is 12.8 Å². The Hall–Kier alpha value is -0.980. The van der Waals surface area contributed by atoms with Crippen LogP contribution in [-0.2, 0) is 16.6 Å². The number of rotatable bonds is 5. The van der Waals surface area contributed by atoms with E-state index in [1.807, 2.05) is 0 Å². The highest BCUT2D eigenvalue weighted by Gasteiger charge is 2.23. The van der Waals surface area contributed by atoms with Crippen molar-refractivity contribution in [2.75, 3.05) is 12.3 Å². The van der Waals surface area contributed by atoms with Crippen molar-refractivity contribution in [1.82, 2.24) is 10.0 Å². The Morgan fingerprint density at radius 2 is 2.24 bits per heavy atom. The van der Waals surface area contributed by atoms with Crippen LogP contribution in [0.3, 0.4) is 0 Å². The lowest BCUT2D eigenvalue weighted by Crippen LogP contribution is -2.49. The minimum atomic E-state index is -3.29. The predicted molar refractivity (Wildman–Crippen MR) is 63.4 cm³/mol. The summed E-state index contributed by atoms with van der Waals surface area (Å²) in [6.07, 6.45) is 0.890. The van der Waals surface area contributed by atoms with Gasteiger partial charge in [-0.15, -0.1) is 0 Å². The molecule has 17 heavy (non-hydrogen) atoms. The van der Waals surface area contributed by atoms with E-state index in [-0.39, 0.29) is 24.2 Å². The molecule has 1 heterocycles. The van der Waals surface area contributed by atoms with E-state index in [4.69, 9.17) is 0 Å². The molecule has 1 aromatic carbocycles. The average molecular weight is 258 g/mol. The summed E-state index contributed by atoms with van der Waals surface area (Å²) in [7, 11) is -3.29. The molecule has 0 saturated carbocycles. The number of nitrogens with one attached hydrogen (secondary N) is 2. The van der Waals surface area contributed by atoms with Crippen LogP contribution in [0.4, 0.5) is 4.39 Å². The average Bonchev–Trinajstić information content (AvgIpc) is 2.22. The molecule has 1 saturated heterocycles. The van der Waals surface area contributed by atoms with E-state index >= 15 is 0 Å². The molecule has 0 aliphatic carbocycles. The summed E-state index contributed by atoms with van der Waals surface area (Å²) >= 11 is 0. The number of sulfonamides is 1. The maximum absolute atomic E-state index is 12.9. The third kappa shape index (κ3) is 3.76. The van der Waals surface area contributed by atoms with Gasteiger partial charge in [0.25, 0.3) is 0 Å². The Bertz CT molecular complexity index is 486. The van der Waals surface area contributed by atoms with Crippen molar-refractivity contribution in [3.63, 3.8) is 0 Å². The van der Waals surface area contributed by atoms with Gasteiger partial charge in [0.05, 0.1) is 5.75 Å². The topological polar surface area (TPSA) is 58.2 Å². The summed E-state index contributed by atoms with van der Waals surface area (Å²) in [5.74, 6) is -0.273. The molecule has 1 atom stereocenters. The van der Waals surface area contributed by atoms with E-state index in [1.54, 1.807) is 12.1 Å². The van der Waals surface area contributed by atoms with Gasteiger partial charge in [0.1, 0.15) is 5.82 Å². The highest BCUT2D eigenvalue weighted by Crippen LogP contribution is 2.07. The molecule has 1 aliphatic rings. The van der Waals surface area contributed by atoms with Crippen LogP contribution in [-0.4, -0.2) is 26.8 Å². The second kappa shape index (κ2) is 5.12. The van der Waals surface area contributed by atoms with Gasteiger partial charge in [-0.05, 0) is 30.7 Å². The quantitative estimate of drug-likeness (QED) is 0.813. The first-order valence-corrected chi connectivity index (χ1v) is 7.15. The highest BCUT2D eigenvalue weighted by atomic mass is 32.2. The Kier molecular flexibility index (Phi) is 3.76. The van der Waals surface area contributed by atoms with Gasteiger partial charge in [-0.25, -0.2) is 17.5 Å². The summed E-state index contributed by atoms with van der Waals surface area (Å²) in [6.45, 7) is 1.01. The van der Waals surface area contributed by atoms with Gasteiger partial charge in [-0.2, -0.15) is 0 Å². The molecule has 1 fully saturated rings. The standard InChI is InChI=1S/C11H15FN2O2S/c12-10-3-1-2-9(6-10)7-14-17(15,16)8-11-4-5-13-11/h1-3,6,11,13-14H,4-5,7-8H2. The molecule has 1 unspecified atom stereocenters. The number of benzene rings is 1. The molecule has 94 valence electrons. The SMILES string of the molecule is O=S(=O)(CC1CCN1)NCc1cccc(F)c1. The monoisotopic (exact) mass is 258 g/mol. The lowest BCUT2D eigenvalue weighted by atomic mass is 10.1. The fraction of sp³-hybridized carbons (Fsp3) is 0.455. The van der Waals surface area contributed by atoms with Crippen LogP contribution < -0.4 is 10.0 Å². The van der Waals surface area contributed by atoms with Crippen molar-refractivity contribution in [1.29, 1.82) is 0 Å². The zero-order valence-electron chi connectivity index (χ0n) is 9.32. The summed E-state index contributed by atoms with van der Waals surface area (Å²) in [5, 5.41) is 3.03. The molecular formula is C11H15FN2O2S. The predicted octanol–water partition coefficient (Wildman–Crippen LogP) is 0.607. The number of halogens is 1. The van der Waals surface area contributed by atoms with Crippen molar-refractivity contribution in [3.05, 3.63) is 35.6 Å². The van der Waals surface area contributed by atoms with Gasteiger partial charge >= 0.3 is 0 Å². The Labute approximate surface area is 100 Å². The van der Waals surface area contributed by atoms with Gasteiger partial charge in [0.2, 0.25) is 10.0 Å². The minimum absolute atomic E-state index is 0.0556. The van der Waals surface area contributed by atoms with Gasteiger partial charge in [-0.1, -0.05) is 12.1 Å². The van der Waals surface area contributed by atoms with Gasteiger partial charge in [0.15, 0.2) is 0 Å². The van der Waals surface area contributed by atoms with Crippen LogP contribution in [0.2, 0.25) is 0 Å². The minimum Gasteiger partial charge on any atom is -0.313 e. The van der Waals surface area contributed by atoms with E-state index in [1.165, 1.54) is 12.1 Å². The van der Waals surface area contributed by atoms with Gasteiger partial charge < -0.3 is 5.32 Å². The molecule has 0 bridgehead atoms. The van der Waals surface area contributed by atoms with E-state index < -0.39 is 10.0 Å². The Morgan fingerprint density at radius 3 is 2.82 bits per heavy atom. The number of hydrogen-bond donors (Lipinski definition) is 2. The second-order valence-electron chi connectivity index (χ2n) is 4.17. The van der Waals surface area contributed by atoms with E-state index in [9.17, 15) is 12.8 Å². The van der Waals surface area contributed by atoms with Gasteiger partial charge in [-0.3, -0.25) is 0 Å². The maximum atomic E-state index is 12.9. The van der Waals surface area contributed by atoms with Crippen molar-refractivity contribution in [2.45, 2.75) is 19.0 Å². The summed E-state index contributed by atoms with van der Waals surface area (Å²) in [5.41, 5.74) is 0.621. The van der Waals surface area contributed by atoms with Crippen LogP contribution in [0.15, 0.2) is 24.3 Å². The fourth-order valence-corrected chi connectivity index (χ4v) is 2.97. The first kappa shape index (κ1) is 12.5. The zero-order chi connectivity index (χ0) is 12.3. The van der Waals surface area contributed by atoms with Crippen LogP contribution in [0.1, 0.15) is 12.0 Å². The smallest absolute Gasteiger partial charge is 0.213 e. The summed E-state index contributed by atoms with van der Waals surface area (Å²) in [6, 6.07) is 5.96. The summed E-state index contributed by atoms with van der Waals surface area (Å²) in [4.78, 5) is 0. The Morgan fingerprint density at radius 1 is 1.47 bits per heavy atom. The van der Waals surface area contributed by atoms with Crippen molar-refractivity contribution in [3.8, 4) is 0 Å². The molecule has 0 aromatic heterocycles. The lowest BCUT2D eigenvalue weighted by Gasteiger charge is -2.27. The van der Waals surface area contributed by atoms with Crippen molar-refractivity contribution >= 4 is 10.0 Å². The molecule has 4 nitrogen and oxygen atoms in total. The summed E-state index contributed by atoms with van der Waals surface area (Å²) < 4.78 is 38.6. The molecule has 0 amide bonds. The third-order valence-electron chi connectivity index (χ3n) is 2.73. The molecule has 2 rings (SSSR count). The molecule has 1 aromatic rings. The van der Waals surface area contributed by atoms with E-state index in [2.05, 4.69) is 10.0 Å². The fourth-order valence-electron chi connectivity index (χ4n) is 1.65. The van der Waals surface area contributed by atoms with Gasteiger partial charge in [0, 0.05) is 12.6 Å². The molecule has 6 heteroatoms. The van der Waals surface area contributed by atoms with Crippen LogP contribution in [0.5, 0.6) is 0 Å². The van der Waals surface area contributed by atoms with E-state index in [0.29, 0.717) is 5.56 Å². The molecule has 0 spiro atoms. The van der Waals surface area contributed by atoms with Crippen molar-refractivity contribution in [2.24, 2.45) is 0 Å². The third-order valence-corrected chi connectivity index (χ3v) is 4.16. The number of hydrogen-bond acceptors (Lipinski definition) is 3. The largest absolute Gasteiger partial charge is 0.313 e. The van der Waals surface area contributed by atoms with Crippen LogP contribution in [0.25, 0.3) is 0 Å². The molecule has 2 N–H and O–H groups in total. The first-order chi connectivity index (χ1) is 8.05. The molecule has 1 aliphatic heterocycles. The van der Waals surface area contributed by atoms with Crippen LogP contribution >= 0.6 is 0 Å². The Balaban J connectivity index is 1.88. The lowest BCUT2D eigenvalue weighted by molar-refractivity contribution is 0.397. The second-order valence-corrected chi connectivity index (χ2v) is 6.02. The molecule has 0 radical (unpaired) electrons. The van der Waals surface area contributed by atoms with E-state index in [0.717, 1.165) is 13.0 Å². The molecular weight excluding hydrogens is 243 g/mol. The highest BCUT2D eigenvalue weighted by molar-refractivity contribution is 7.89. The zero-order valence-corrected chi connectivity index (χ0v) is 10.1. The normalized spacial score (nSPS) is 19.9.